The molecule has 2 aliphatic heterocycles. The molecule has 2 saturated heterocycles. The minimum absolute atomic E-state index is 0.279. The molecule has 0 aromatic heterocycles. The number of benzene rings is 3. The number of amides is 3. The van der Waals surface area contributed by atoms with Gasteiger partial charge in [-0.05, 0) is 35.4 Å². The SMILES string of the molecule is O=C(Nc1ccc(F)cc1)N1CCN2C(=O)OC(Cc3ccccc3)(Cc3ccccc3)C2C1. The zero-order chi connectivity index (χ0) is 23.5. The number of halogens is 1. The highest BCUT2D eigenvalue weighted by atomic mass is 19.1. The number of rotatable bonds is 5. The summed E-state index contributed by atoms with van der Waals surface area (Å²) in [4.78, 5) is 29.4. The predicted molar refractivity (Wildman–Crippen MR) is 127 cm³/mol. The number of nitrogens with zero attached hydrogens (tertiary/aromatic N) is 2. The van der Waals surface area contributed by atoms with Crippen LogP contribution in [0.15, 0.2) is 84.9 Å². The summed E-state index contributed by atoms with van der Waals surface area (Å²) >= 11 is 0. The second-order valence-corrected chi connectivity index (χ2v) is 8.85. The van der Waals surface area contributed by atoms with Crippen molar-refractivity contribution in [2.45, 2.75) is 24.5 Å². The van der Waals surface area contributed by atoms with Crippen LogP contribution < -0.4 is 5.32 Å². The van der Waals surface area contributed by atoms with Crippen molar-refractivity contribution < 1.29 is 18.7 Å². The van der Waals surface area contributed by atoms with Crippen LogP contribution in [0.2, 0.25) is 0 Å². The van der Waals surface area contributed by atoms with Gasteiger partial charge in [0.15, 0.2) is 0 Å². The van der Waals surface area contributed by atoms with Gasteiger partial charge in [0.05, 0.1) is 6.04 Å². The Morgan fingerprint density at radius 1 is 0.912 bits per heavy atom. The number of nitrogens with one attached hydrogen (secondary N) is 1. The van der Waals surface area contributed by atoms with Crippen LogP contribution in [0, 0.1) is 5.82 Å². The fourth-order valence-corrected chi connectivity index (χ4v) is 4.93. The second kappa shape index (κ2) is 9.17. The molecular formula is C27H26FN3O3. The highest BCUT2D eigenvalue weighted by Gasteiger charge is 2.56. The summed E-state index contributed by atoms with van der Waals surface area (Å²) < 4.78 is 19.4. The van der Waals surface area contributed by atoms with E-state index >= 15 is 0 Å². The summed E-state index contributed by atoms with van der Waals surface area (Å²) in [6.07, 6.45) is 0.752. The molecule has 7 heteroatoms. The summed E-state index contributed by atoms with van der Waals surface area (Å²) in [7, 11) is 0. The smallest absolute Gasteiger partial charge is 0.410 e. The Hall–Kier alpha value is -3.87. The Morgan fingerprint density at radius 2 is 1.50 bits per heavy atom. The van der Waals surface area contributed by atoms with E-state index in [1.807, 2.05) is 60.7 Å². The number of carbonyl (C=O) groups excluding carboxylic acids is 2. The number of anilines is 1. The minimum atomic E-state index is -0.811. The van der Waals surface area contributed by atoms with Crippen LogP contribution in [-0.4, -0.2) is 53.2 Å². The van der Waals surface area contributed by atoms with Crippen molar-refractivity contribution in [3.05, 3.63) is 102 Å². The molecule has 3 aromatic carbocycles. The van der Waals surface area contributed by atoms with E-state index in [1.165, 1.54) is 24.3 Å². The Morgan fingerprint density at radius 3 is 2.09 bits per heavy atom. The topological polar surface area (TPSA) is 61.9 Å². The highest BCUT2D eigenvalue weighted by molar-refractivity contribution is 5.89. The van der Waals surface area contributed by atoms with Crippen molar-refractivity contribution in [1.29, 1.82) is 0 Å². The van der Waals surface area contributed by atoms with Gasteiger partial charge in [-0.25, -0.2) is 14.0 Å². The zero-order valence-electron chi connectivity index (χ0n) is 18.7. The van der Waals surface area contributed by atoms with E-state index in [-0.39, 0.29) is 24.0 Å². The molecule has 2 heterocycles. The first kappa shape index (κ1) is 21.9. The molecule has 5 rings (SSSR count). The molecule has 0 aliphatic carbocycles. The third kappa shape index (κ3) is 4.46. The molecule has 174 valence electrons. The standard InChI is InChI=1S/C27H26FN3O3/c28-22-11-13-23(14-12-22)29-25(32)30-15-16-31-24(19-30)27(34-26(31)33,17-20-7-3-1-4-8-20)18-21-9-5-2-6-10-21/h1-14,24H,15-19H2,(H,29,32). The normalized spacial score (nSPS) is 18.9. The minimum Gasteiger partial charge on any atom is -0.440 e. The lowest BCUT2D eigenvalue weighted by Gasteiger charge is -2.42. The first-order valence-electron chi connectivity index (χ1n) is 11.4. The maximum absolute atomic E-state index is 13.2. The molecular weight excluding hydrogens is 433 g/mol. The number of piperazine rings is 1. The number of hydrogen-bond donors (Lipinski definition) is 1. The maximum atomic E-state index is 13.2. The van der Waals surface area contributed by atoms with E-state index < -0.39 is 5.60 Å². The lowest BCUT2D eigenvalue weighted by molar-refractivity contribution is 0.0211. The molecule has 2 aliphatic rings. The fraction of sp³-hybridized carbons (Fsp3) is 0.259. The van der Waals surface area contributed by atoms with Crippen LogP contribution in [0.3, 0.4) is 0 Å². The molecule has 0 radical (unpaired) electrons. The molecule has 2 fully saturated rings. The maximum Gasteiger partial charge on any atom is 0.410 e. The quantitative estimate of drug-likeness (QED) is 0.601. The zero-order valence-corrected chi connectivity index (χ0v) is 18.7. The van der Waals surface area contributed by atoms with Crippen molar-refractivity contribution >= 4 is 17.8 Å². The van der Waals surface area contributed by atoms with Gasteiger partial charge in [-0.15, -0.1) is 0 Å². The van der Waals surface area contributed by atoms with Crippen LogP contribution in [-0.2, 0) is 17.6 Å². The monoisotopic (exact) mass is 459 g/mol. The van der Waals surface area contributed by atoms with E-state index in [2.05, 4.69) is 5.32 Å². The molecule has 1 unspecified atom stereocenters. The van der Waals surface area contributed by atoms with Gasteiger partial charge in [-0.1, -0.05) is 60.7 Å². The number of cyclic esters (lactones) is 1. The van der Waals surface area contributed by atoms with E-state index in [0.717, 1.165) is 11.1 Å². The van der Waals surface area contributed by atoms with Gasteiger partial charge in [-0.3, -0.25) is 4.90 Å². The van der Waals surface area contributed by atoms with E-state index in [1.54, 1.807) is 9.80 Å². The molecule has 1 atom stereocenters. The Kier molecular flexibility index (Phi) is 5.92. The molecule has 3 aromatic rings. The first-order chi connectivity index (χ1) is 16.5. The lowest BCUT2D eigenvalue weighted by Crippen LogP contribution is -2.60. The summed E-state index contributed by atoms with van der Waals surface area (Å²) in [6.45, 7) is 1.13. The number of urea groups is 1. The molecule has 1 N–H and O–H groups in total. The van der Waals surface area contributed by atoms with Crippen LogP contribution in [0.5, 0.6) is 0 Å². The molecule has 0 bridgehead atoms. The van der Waals surface area contributed by atoms with Crippen LogP contribution in [0.25, 0.3) is 0 Å². The van der Waals surface area contributed by atoms with Crippen LogP contribution >= 0.6 is 0 Å². The van der Waals surface area contributed by atoms with Crippen molar-refractivity contribution in [3.8, 4) is 0 Å². The predicted octanol–water partition coefficient (Wildman–Crippen LogP) is 4.72. The van der Waals surface area contributed by atoms with E-state index in [0.29, 0.717) is 38.2 Å². The van der Waals surface area contributed by atoms with E-state index in [9.17, 15) is 14.0 Å². The van der Waals surface area contributed by atoms with Crippen molar-refractivity contribution in [2.24, 2.45) is 0 Å². The van der Waals surface area contributed by atoms with Gasteiger partial charge in [0.1, 0.15) is 11.4 Å². The molecule has 0 saturated carbocycles. The number of hydrogen-bond acceptors (Lipinski definition) is 3. The van der Waals surface area contributed by atoms with Gasteiger partial charge in [0, 0.05) is 38.2 Å². The van der Waals surface area contributed by atoms with Gasteiger partial charge < -0.3 is 15.0 Å². The first-order valence-corrected chi connectivity index (χ1v) is 11.4. The summed E-state index contributed by atoms with van der Waals surface area (Å²) in [5.41, 5.74) is 1.85. The third-order valence-electron chi connectivity index (χ3n) is 6.59. The van der Waals surface area contributed by atoms with Crippen LogP contribution in [0.4, 0.5) is 19.7 Å². The summed E-state index contributed by atoms with van der Waals surface area (Å²) in [6, 6.07) is 25.1. The largest absolute Gasteiger partial charge is 0.440 e. The van der Waals surface area contributed by atoms with Crippen LogP contribution in [0.1, 0.15) is 11.1 Å². The van der Waals surface area contributed by atoms with Crippen molar-refractivity contribution in [2.75, 3.05) is 25.0 Å². The lowest BCUT2D eigenvalue weighted by atomic mass is 9.81. The Balaban J connectivity index is 1.42. The van der Waals surface area contributed by atoms with Crippen molar-refractivity contribution in [3.63, 3.8) is 0 Å². The summed E-state index contributed by atoms with van der Waals surface area (Å²) in [5.74, 6) is -0.361. The fourth-order valence-electron chi connectivity index (χ4n) is 4.93. The molecule has 6 nitrogen and oxygen atoms in total. The van der Waals surface area contributed by atoms with Gasteiger partial charge >= 0.3 is 12.1 Å². The number of carbonyl (C=O) groups is 2. The number of ether oxygens (including phenoxy) is 1. The third-order valence-corrected chi connectivity index (χ3v) is 6.59. The van der Waals surface area contributed by atoms with Gasteiger partial charge in [0.2, 0.25) is 0 Å². The second-order valence-electron chi connectivity index (χ2n) is 8.85. The Bertz CT molecular complexity index is 1110. The average molecular weight is 460 g/mol. The van der Waals surface area contributed by atoms with Gasteiger partial charge in [0.25, 0.3) is 0 Å². The molecule has 34 heavy (non-hydrogen) atoms. The highest BCUT2D eigenvalue weighted by Crippen LogP contribution is 2.38. The Labute approximate surface area is 197 Å². The molecule has 3 amide bonds. The molecule has 0 spiro atoms. The van der Waals surface area contributed by atoms with E-state index in [4.69, 9.17) is 4.74 Å². The van der Waals surface area contributed by atoms with Crippen molar-refractivity contribution in [1.82, 2.24) is 9.80 Å². The summed E-state index contributed by atoms with van der Waals surface area (Å²) in [5, 5.41) is 2.83. The van der Waals surface area contributed by atoms with Gasteiger partial charge in [-0.2, -0.15) is 0 Å². The average Bonchev–Trinajstić information content (AvgIpc) is 3.12. The number of fused-ring (bicyclic) bond motifs is 1.